The lowest BCUT2D eigenvalue weighted by Crippen LogP contribution is -2.37. The van der Waals surface area contributed by atoms with Crippen LogP contribution in [0, 0.1) is 0 Å². The van der Waals surface area contributed by atoms with Gasteiger partial charge in [-0.15, -0.1) is 0 Å². The van der Waals surface area contributed by atoms with Gasteiger partial charge in [0.1, 0.15) is 5.69 Å². The topological polar surface area (TPSA) is 62.3 Å². The van der Waals surface area contributed by atoms with Crippen LogP contribution in [0.2, 0.25) is 5.02 Å². The largest absolute Gasteiger partial charge is 0.352 e. The monoisotopic (exact) mass is 267 g/mol. The highest BCUT2D eigenvalue weighted by molar-refractivity contribution is 6.30. The number of halogens is 1. The van der Waals surface area contributed by atoms with Crippen LogP contribution in [0.15, 0.2) is 18.3 Å². The summed E-state index contributed by atoms with van der Waals surface area (Å²) < 4.78 is 0. The van der Waals surface area contributed by atoms with Crippen LogP contribution in [0.25, 0.3) is 0 Å². The summed E-state index contributed by atoms with van der Waals surface area (Å²) in [6.45, 7) is 2.62. The molecule has 1 saturated heterocycles. The molecule has 1 fully saturated rings. The van der Waals surface area contributed by atoms with Gasteiger partial charge in [0.25, 0.3) is 5.91 Å². The average Bonchev–Trinajstić information content (AvgIpc) is 2.75. The molecule has 0 aromatic carbocycles. The summed E-state index contributed by atoms with van der Waals surface area (Å²) in [4.78, 5) is 28.8. The van der Waals surface area contributed by atoms with E-state index < -0.39 is 0 Å². The first-order valence-corrected chi connectivity index (χ1v) is 6.12. The number of hydrogen-bond donors (Lipinski definition) is 1. The van der Waals surface area contributed by atoms with Gasteiger partial charge in [0.2, 0.25) is 5.91 Å². The van der Waals surface area contributed by atoms with Crippen molar-refractivity contribution < 1.29 is 9.59 Å². The minimum atomic E-state index is -0.148. The predicted octanol–water partition coefficient (Wildman–Crippen LogP) is 1.09. The molecule has 2 amide bonds. The molecule has 18 heavy (non-hydrogen) atoms. The fraction of sp³-hybridized carbons (Fsp3) is 0.417. The minimum absolute atomic E-state index is 0.0330. The van der Waals surface area contributed by atoms with Crippen molar-refractivity contribution in [3.63, 3.8) is 0 Å². The highest BCUT2D eigenvalue weighted by Gasteiger charge is 2.27. The lowest BCUT2D eigenvalue weighted by molar-refractivity contribution is -0.119. The van der Waals surface area contributed by atoms with Gasteiger partial charge in [-0.25, -0.2) is 0 Å². The molecule has 1 unspecified atom stereocenters. The number of amides is 2. The average molecular weight is 268 g/mol. The standard InChI is InChI=1S/C12H14ClN3O2/c1-8(17)15-10-3-5-16(7-10)12(18)11-6-9(13)2-4-14-11/h2,4,6,10H,3,5,7H2,1H3,(H,15,17). The Hall–Kier alpha value is -1.62. The lowest BCUT2D eigenvalue weighted by atomic mass is 10.2. The first kappa shape index (κ1) is 12.8. The third kappa shape index (κ3) is 2.98. The number of hydrogen-bond acceptors (Lipinski definition) is 3. The Morgan fingerprint density at radius 2 is 2.33 bits per heavy atom. The van der Waals surface area contributed by atoms with Gasteiger partial charge in [0.05, 0.1) is 0 Å². The molecule has 6 heteroatoms. The van der Waals surface area contributed by atoms with E-state index in [0.29, 0.717) is 23.8 Å². The van der Waals surface area contributed by atoms with Gasteiger partial charge in [-0.2, -0.15) is 0 Å². The first-order valence-electron chi connectivity index (χ1n) is 5.74. The van der Waals surface area contributed by atoms with Crippen molar-refractivity contribution in [2.45, 2.75) is 19.4 Å². The Bertz CT molecular complexity index is 478. The van der Waals surface area contributed by atoms with Crippen LogP contribution in [-0.2, 0) is 4.79 Å². The highest BCUT2D eigenvalue weighted by atomic mass is 35.5. The minimum Gasteiger partial charge on any atom is -0.352 e. The van der Waals surface area contributed by atoms with E-state index in [9.17, 15) is 9.59 Å². The molecule has 0 aliphatic carbocycles. The fourth-order valence-corrected chi connectivity index (χ4v) is 2.19. The maximum Gasteiger partial charge on any atom is 0.272 e. The molecule has 1 aromatic heterocycles. The van der Waals surface area contributed by atoms with Gasteiger partial charge in [-0.1, -0.05) is 11.6 Å². The van der Waals surface area contributed by atoms with Crippen LogP contribution in [0.5, 0.6) is 0 Å². The molecule has 1 N–H and O–H groups in total. The lowest BCUT2D eigenvalue weighted by Gasteiger charge is -2.16. The summed E-state index contributed by atoms with van der Waals surface area (Å²) in [6.07, 6.45) is 2.28. The second kappa shape index (κ2) is 5.35. The zero-order chi connectivity index (χ0) is 13.1. The van der Waals surface area contributed by atoms with Crippen molar-refractivity contribution >= 4 is 23.4 Å². The molecular formula is C12H14ClN3O2. The molecule has 2 rings (SSSR count). The molecule has 5 nitrogen and oxygen atoms in total. The number of aromatic nitrogens is 1. The summed E-state index contributed by atoms with van der Waals surface area (Å²) in [5, 5.41) is 3.30. The molecule has 0 radical (unpaired) electrons. The highest BCUT2D eigenvalue weighted by Crippen LogP contribution is 2.15. The van der Waals surface area contributed by atoms with Gasteiger partial charge in [-0.05, 0) is 18.6 Å². The maximum absolute atomic E-state index is 12.1. The summed E-state index contributed by atoms with van der Waals surface area (Å²) in [5.74, 6) is -0.222. The first-order chi connectivity index (χ1) is 8.56. The predicted molar refractivity (Wildman–Crippen MR) is 67.4 cm³/mol. The number of nitrogens with one attached hydrogen (secondary N) is 1. The van der Waals surface area contributed by atoms with E-state index in [2.05, 4.69) is 10.3 Å². The molecule has 0 saturated carbocycles. The fourth-order valence-electron chi connectivity index (χ4n) is 2.03. The molecule has 1 aliphatic rings. The number of rotatable bonds is 2. The summed E-state index contributed by atoms with van der Waals surface area (Å²) in [7, 11) is 0. The van der Waals surface area contributed by atoms with Crippen molar-refractivity contribution in [3.8, 4) is 0 Å². The zero-order valence-electron chi connectivity index (χ0n) is 10.0. The number of carbonyl (C=O) groups is 2. The van der Waals surface area contributed by atoms with Crippen molar-refractivity contribution in [2.75, 3.05) is 13.1 Å². The third-order valence-corrected chi connectivity index (χ3v) is 3.06. The van der Waals surface area contributed by atoms with Gasteiger partial charge in [-0.3, -0.25) is 14.6 Å². The normalized spacial score (nSPS) is 18.8. The second-order valence-corrected chi connectivity index (χ2v) is 4.73. The number of nitrogens with zero attached hydrogens (tertiary/aromatic N) is 2. The molecule has 1 atom stereocenters. The number of carbonyl (C=O) groups excluding carboxylic acids is 2. The van der Waals surface area contributed by atoms with Crippen LogP contribution in [0.3, 0.4) is 0 Å². The van der Waals surface area contributed by atoms with E-state index in [1.54, 1.807) is 17.0 Å². The molecule has 1 aliphatic heterocycles. The van der Waals surface area contributed by atoms with E-state index in [-0.39, 0.29) is 17.9 Å². The van der Waals surface area contributed by atoms with Crippen LogP contribution in [0.4, 0.5) is 0 Å². The van der Waals surface area contributed by atoms with Crippen molar-refractivity contribution in [1.29, 1.82) is 0 Å². The second-order valence-electron chi connectivity index (χ2n) is 4.30. The summed E-state index contributed by atoms with van der Waals surface area (Å²) in [5.41, 5.74) is 0.339. The Morgan fingerprint density at radius 3 is 3.00 bits per heavy atom. The van der Waals surface area contributed by atoms with E-state index in [1.807, 2.05) is 0 Å². The Morgan fingerprint density at radius 1 is 1.56 bits per heavy atom. The van der Waals surface area contributed by atoms with E-state index >= 15 is 0 Å². The van der Waals surface area contributed by atoms with Gasteiger partial charge in [0.15, 0.2) is 0 Å². The van der Waals surface area contributed by atoms with Crippen molar-refractivity contribution in [1.82, 2.24) is 15.2 Å². The maximum atomic E-state index is 12.1. The van der Waals surface area contributed by atoms with Gasteiger partial charge in [0, 0.05) is 37.3 Å². The molecule has 2 heterocycles. The SMILES string of the molecule is CC(=O)NC1CCN(C(=O)c2cc(Cl)ccn2)C1. The zero-order valence-corrected chi connectivity index (χ0v) is 10.8. The number of pyridine rings is 1. The number of likely N-dealkylation sites (tertiary alicyclic amines) is 1. The molecule has 1 aromatic rings. The quantitative estimate of drug-likeness (QED) is 0.872. The molecule has 0 bridgehead atoms. The van der Waals surface area contributed by atoms with Gasteiger partial charge < -0.3 is 10.2 Å². The molecule has 96 valence electrons. The third-order valence-electron chi connectivity index (χ3n) is 2.82. The van der Waals surface area contributed by atoms with E-state index in [4.69, 9.17) is 11.6 Å². The van der Waals surface area contributed by atoms with Crippen LogP contribution in [-0.4, -0.2) is 40.8 Å². The van der Waals surface area contributed by atoms with Crippen molar-refractivity contribution in [3.05, 3.63) is 29.0 Å². The summed E-state index contributed by atoms with van der Waals surface area (Å²) >= 11 is 5.83. The Balaban J connectivity index is 2.01. The smallest absolute Gasteiger partial charge is 0.272 e. The molecule has 0 spiro atoms. The summed E-state index contributed by atoms with van der Waals surface area (Å²) in [6, 6.07) is 3.21. The van der Waals surface area contributed by atoms with Crippen LogP contribution < -0.4 is 5.32 Å². The van der Waals surface area contributed by atoms with E-state index in [1.165, 1.54) is 13.1 Å². The van der Waals surface area contributed by atoms with Crippen LogP contribution >= 0.6 is 11.6 Å². The van der Waals surface area contributed by atoms with Crippen LogP contribution in [0.1, 0.15) is 23.8 Å². The van der Waals surface area contributed by atoms with E-state index in [0.717, 1.165) is 6.42 Å². The molecular weight excluding hydrogens is 254 g/mol. The Labute approximate surface area is 110 Å². The van der Waals surface area contributed by atoms with Crippen molar-refractivity contribution in [2.24, 2.45) is 0 Å². The Kier molecular flexibility index (Phi) is 3.81. The van der Waals surface area contributed by atoms with Gasteiger partial charge >= 0.3 is 0 Å².